The highest BCUT2D eigenvalue weighted by Crippen LogP contribution is 2.24. The first-order valence-corrected chi connectivity index (χ1v) is 7.12. The lowest BCUT2D eigenvalue weighted by Crippen LogP contribution is -2.37. The van der Waals surface area contributed by atoms with E-state index in [1.54, 1.807) is 17.6 Å². The Balaban J connectivity index is 2.06. The van der Waals surface area contributed by atoms with Gasteiger partial charge < -0.3 is 4.42 Å². The number of rotatable bonds is 1. The van der Waals surface area contributed by atoms with E-state index < -0.39 is 11.2 Å². The highest BCUT2D eigenvalue weighted by Gasteiger charge is 2.18. The van der Waals surface area contributed by atoms with E-state index in [2.05, 4.69) is 4.98 Å². The van der Waals surface area contributed by atoms with Crippen molar-refractivity contribution in [2.45, 2.75) is 6.92 Å². The molecule has 7 nitrogen and oxygen atoms in total. The summed E-state index contributed by atoms with van der Waals surface area (Å²) in [5.41, 5.74) is 1.88. The van der Waals surface area contributed by atoms with Crippen LogP contribution in [0, 0.1) is 6.92 Å². The maximum atomic E-state index is 12.4. The molecule has 23 heavy (non-hydrogen) atoms. The molecule has 116 valence electrons. The van der Waals surface area contributed by atoms with E-state index in [0.717, 1.165) is 15.7 Å². The van der Waals surface area contributed by atoms with Crippen molar-refractivity contribution in [1.29, 1.82) is 0 Å². The number of imidazole rings is 1. The van der Waals surface area contributed by atoms with E-state index >= 15 is 0 Å². The van der Waals surface area contributed by atoms with Crippen LogP contribution < -0.4 is 11.2 Å². The molecule has 0 saturated carbocycles. The zero-order valence-electron chi connectivity index (χ0n) is 12.9. The Hall–Kier alpha value is -3.09. The topological polar surface area (TPSA) is 74.4 Å². The van der Waals surface area contributed by atoms with Gasteiger partial charge in [-0.1, -0.05) is 29.8 Å². The van der Waals surface area contributed by atoms with E-state index in [1.165, 1.54) is 11.6 Å². The number of benzene rings is 1. The number of oxazole rings is 1. The van der Waals surface area contributed by atoms with E-state index in [4.69, 9.17) is 4.42 Å². The van der Waals surface area contributed by atoms with Gasteiger partial charge >= 0.3 is 11.5 Å². The quantitative estimate of drug-likeness (QED) is 0.533. The molecule has 4 rings (SSSR count). The first kappa shape index (κ1) is 13.6. The van der Waals surface area contributed by atoms with E-state index in [0.29, 0.717) is 16.9 Å². The van der Waals surface area contributed by atoms with Gasteiger partial charge in [-0.2, -0.15) is 4.98 Å². The Morgan fingerprint density at radius 2 is 1.74 bits per heavy atom. The predicted molar refractivity (Wildman–Crippen MR) is 85.6 cm³/mol. The number of hydrogen-bond acceptors (Lipinski definition) is 4. The van der Waals surface area contributed by atoms with Crippen molar-refractivity contribution in [1.82, 2.24) is 18.5 Å². The van der Waals surface area contributed by atoms with Crippen LogP contribution in [-0.4, -0.2) is 18.5 Å². The maximum Gasteiger partial charge on any atom is 0.332 e. The first-order chi connectivity index (χ1) is 11.0. The van der Waals surface area contributed by atoms with Crippen molar-refractivity contribution < 1.29 is 4.42 Å². The van der Waals surface area contributed by atoms with Crippen molar-refractivity contribution in [2.75, 3.05) is 0 Å². The second-order valence-electron chi connectivity index (χ2n) is 5.60. The van der Waals surface area contributed by atoms with Crippen molar-refractivity contribution >= 4 is 17.0 Å². The van der Waals surface area contributed by atoms with E-state index in [-0.39, 0.29) is 5.84 Å². The van der Waals surface area contributed by atoms with Gasteiger partial charge in [0, 0.05) is 19.7 Å². The highest BCUT2D eigenvalue weighted by molar-refractivity contribution is 5.76. The molecule has 0 saturated heterocycles. The molecular formula is C16H14N4O3. The van der Waals surface area contributed by atoms with Gasteiger partial charge in [0.2, 0.25) is 0 Å². The number of nitrogens with zero attached hydrogens (tertiary/aromatic N) is 4. The van der Waals surface area contributed by atoms with Gasteiger partial charge in [-0.25, -0.2) is 4.79 Å². The number of fused-ring (bicyclic) bond motifs is 3. The molecule has 0 aliphatic heterocycles. The molecule has 3 heterocycles. The molecule has 3 aromatic heterocycles. The van der Waals surface area contributed by atoms with Crippen LogP contribution in [0.3, 0.4) is 0 Å². The SMILES string of the molecule is Cc1ccc(-c2cn3c(nc4c3c(=O)n(C)c(=O)n4C)o2)cc1. The largest absolute Gasteiger partial charge is 0.423 e. The summed E-state index contributed by atoms with van der Waals surface area (Å²) in [5.74, 6) is 0.902. The number of aryl methyl sites for hydroxylation is 2. The minimum Gasteiger partial charge on any atom is -0.423 e. The molecule has 0 bridgehead atoms. The van der Waals surface area contributed by atoms with Gasteiger partial charge in [0.1, 0.15) is 0 Å². The summed E-state index contributed by atoms with van der Waals surface area (Å²) < 4.78 is 9.75. The Morgan fingerprint density at radius 3 is 2.43 bits per heavy atom. The Morgan fingerprint density at radius 1 is 1.04 bits per heavy atom. The second-order valence-corrected chi connectivity index (χ2v) is 5.60. The van der Waals surface area contributed by atoms with Gasteiger partial charge in [-0.05, 0) is 6.92 Å². The summed E-state index contributed by atoms with van der Waals surface area (Å²) in [6.07, 6.45) is 1.72. The Bertz CT molecular complexity index is 1170. The summed E-state index contributed by atoms with van der Waals surface area (Å²) in [4.78, 5) is 28.7. The molecule has 0 N–H and O–H groups in total. The third-order valence-corrected chi connectivity index (χ3v) is 4.04. The smallest absolute Gasteiger partial charge is 0.332 e. The van der Waals surface area contributed by atoms with Gasteiger partial charge in [0.25, 0.3) is 5.56 Å². The third kappa shape index (κ3) is 1.79. The van der Waals surface area contributed by atoms with Crippen molar-refractivity contribution in [3.05, 3.63) is 56.9 Å². The highest BCUT2D eigenvalue weighted by atomic mass is 16.4. The molecule has 0 fully saturated rings. The molecule has 0 spiro atoms. The predicted octanol–water partition coefficient (Wildman–Crippen LogP) is 1.45. The standard InChI is InChI=1S/C16H14N4O3/c1-9-4-6-10(7-5-9)11-8-20-12-13(17-15(20)23-11)18(2)16(22)19(3)14(12)21/h4-8H,1-3H3. The Kier molecular flexibility index (Phi) is 2.63. The third-order valence-electron chi connectivity index (χ3n) is 4.04. The lowest BCUT2D eigenvalue weighted by molar-refractivity contribution is 0.610. The van der Waals surface area contributed by atoms with Crippen LogP contribution in [0.5, 0.6) is 0 Å². The van der Waals surface area contributed by atoms with Crippen LogP contribution >= 0.6 is 0 Å². The van der Waals surface area contributed by atoms with E-state index in [1.807, 2.05) is 31.2 Å². The minimum atomic E-state index is -0.415. The summed E-state index contributed by atoms with van der Waals surface area (Å²) in [5, 5.41) is 0. The minimum absolute atomic E-state index is 0.286. The van der Waals surface area contributed by atoms with Crippen molar-refractivity contribution in [3.63, 3.8) is 0 Å². The molecule has 0 aliphatic carbocycles. The lowest BCUT2D eigenvalue weighted by Gasteiger charge is -2.02. The van der Waals surface area contributed by atoms with Gasteiger partial charge in [0.05, 0.1) is 6.20 Å². The van der Waals surface area contributed by atoms with Crippen LogP contribution in [-0.2, 0) is 14.1 Å². The average molecular weight is 310 g/mol. The lowest BCUT2D eigenvalue weighted by atomic mass is 10.1. The fourth-order valence-corrected chi connectivity index (χ4v) is 2.68. The molecule has 7 heteroatoms. The summed E-state index contributed by atoms with van der Waals surface area (Å²) in [6.45, 7) is 2.01. The van der Waals surface area contributed by atoms with Crippen molar-refractivity contribution in [2.24, 2.45) is 14.1 Å². The van der Waals surface area contributed by atoms with Crippen LogP contribution in [0.2, 0.25) is 0 Å². The van der Waals surface area contributed by atoms with Crippen LogP contribution in [0.15, 0.2) is 44.5 Å². The normalized spacial score (nSPS) is 11.6. The zero-order valence-corrected chi connectivity index (χ0v) is 12.9. The van der Waals surface area contributed by atoms with Crippen LogP contribution in [0.4, 0.5) is 0 Å². The molecule has 0 atom stereocenters. The molecule has 0 aliphatic rings. The van der Waals surface area contributed by atoms with Gasteiger partial charge in [-0.3, -0.25) is 18.3 Å². The number of aromatic nitrogens is 4. The van der Waals surface area contributed by atoms with Gasteiger partial charge in [0.15, 0.2) is 16.9 Å². The number of hydrogen-bond donors (Lipinski definition) is 0. The fourth-order valence-electron chi connectivity index (χ4n) is 2.68. The summed E-state index contributed by atoms with van der Waals surface area (Å²) in [6, 6.07) is 7.87. The average Bonchev–Trinajstić information content (AvgIpc) is 3.09. The first-order valence-electron chi connectivity index (χ1n) is 7.12. The summed E-state index contributed by atoms with van der Waals surface area (Å²) >= 11 is 0. The molecule has 0 radical (unpaired) electrons. The Labute approximate surface area is 130 Å². The fraction of sp³-hybridized carbons (Fsp3) is 0.188. The molecule has 0 unspecified atom stereocenters. The monoisotopic (exact) mass is 310 g/mol. The van der Waals surface area contributed by atoms with Crippen LogP contribution in [0.1, 0.15) is 5.56 Å². The van der Waals surface area contributed by atoms with Crippen LogP contribution in [0.25, 0.3) is 28.3 Å². The zero-order chi connectivity index (χ0) is 16.3. The second kappa shape index (κ2) is 4.45. The molecule has 0 amide bonds. The summed E-state index contributed by atoms with van der Waals surface area (Å²) in [7, 11) is 3.03. The molecular weight excluding hydrogens is 296 g/mol. The maximum absolute atomic E-state index is 12.4. The van der Waals surface area contributed by atoms with Crippen molar-refractivity contribution in [3.8, 4) is 11.3 Å². The molecule has 4 aromatic rings. The van der Waals surface area contributed by atoms with E-state index in [9.17, 15) is 9.59 Å². The molecule has 1 aromatic carbocycles. The van der Waals surface area contributed by atoms with Gasteiger partial charge in [-0.15, -0.1) is 0 Å².